The molecule has 100 valence electrons. The van der Waals surface area contributed by atoms with Crippen molar-refractivity contribution in [3.63, 3.8) is 0 Å². The Morgan fingerprint density at radius 2 is 2.05 bits per heavy atom. The van der Waals surface area contributed by atoms with Gasteiger partial charge >= 0.3 is 0 Å². The second-order valence-corrected chi connectivity index (χ2v) is 5.58. The summed E-state index contributed by atoms with van der Waals surface area (Å²) in [5, 5.41) is 16.4. The van der Waals surface area contributed by atoms with Crippen LogP contribution in [0.4, 0.5) is 0 Å². The normalized spacial score (nSPS) is 17.9. The van der Waals surface area contributed by atoms with Crippen LogP contribution < -0.4 is 0 Å². The molecule has 1 amide bonds. The number of hydrogen-bond donors (Lipinski definition) is 0. The third-order valence-corrected chi connectivity index (χ3v) is 3.84. The smallest absolute Gasteiger partial charge is 0.257 e. The Labute approximate surface area is 121 Å². The van der Waals surface area contributed by atoms with E-state index in [4.69, 9.17) is 28.5 Å². The lowest BCUT2D eigenvalue weighted by Crippen LogP contribution is -2.41. The second kappa shape index (κ2) is 5.32. The van der Waals surface area contributed by atoms with Crippen LogP contribution in [0, 0.1) is 16.7 Å². The van der Waals surface area contributed by atoms with Crippen molar-refractivity contribution in [3.8, 4) is 6.07 Å². The van der Waals surface area contributed by atoms with Crippen LogP contribution in [-0.4, -0.2) is 34.1 Å². The van der Waals surface area contributed by atoms with Crippen LogP contribution >= 0.6 is 23.2 Å². The average Bonchev–Trinajstić information content (AvgIpc) is 2.42. The topological polar surface area (TPSA) is 69.9 Å². The zero-order valence-electron chi connectivity index (χ0n) is 10.4. The van der Waals surface area contributed by atoms with Crippen molar-refractivity contribution in [2.24, 2.45) is 5.41 Å². The lowest BCUT2D eigenvalue weighted by atomic mass is 9.82. The Morgan fingerprint density at radius 3 is 2.63 bits per heavy atom. The molecule has 2 heterocycles. The van der Waals surface area contributed by atoms with Gasteiger partial charge in [0.05, 0.1) is 17.0 Å². The van der Waals surface area contributed by atoms with Gasteiger partial charge in [-0.2, -0.15) is 5.26 Å². The highest BCUT2D eigenvalue weighted by Gasteiger charge is 2.32. The van der Waals surface area contributed by atoms with Crippen molar-refractivity contribution in [2.45, 2.75) is 19.8 Å². The summed E-state index contributed by atoms with van der Waals surface area (Å²) in [5.41, 5.74) is -0.100. The van der Waals surface area contributed by atoms with Crippen LogP contribution in [0.25, 0.3) is 0 Å². The van der Waals surface area contributed by atoms with E-state index in [1.165, 1.54) is 6.07 Å². The first kappa shape index (κ1) is 14.0. The predicted molar refractivity (Wildman–Crippen MR) is 70.9 cm³/mol. The van der Waals surface area contributed by atoms with E-state index < -0.39 is 0 Å². The van der Waals surface area contributed by atoms with Crippen LogP contribution in [0.5, 0.6) is 0 Å². The maximum atomic E-state index is 12.3. The number of halogens is 2. The maximum Gasteiger partial charge on any atom is 0.257 e. The summed E-state index contributed by atoms with van der Waals surface area (Å²) in [6.07, 6.45) is 1.30. The minimum absolute atomic E-state index is 0.0445. The lowest BCUT2D eigenvalue weighted by molar-refractivity contribution is 0.0661. The summed E-state index contributed by atoms with van der Waals surface area (Å²) in [6.45, 7) is 2.96. The summed E-state index contributed by atoms with van der Waals surface area (Å²) in [6, 6.07) is 3.71. The van der Waals surface area contributed by atoms with Gasteiger partial charge in [-0.3, -0.25) is 4.79 Å². The largest absolute Gasteiger partial charge is 0.338 e. The Bertz CT molecular complexity index is 547. The Morgan fingerprint density at radius 1 is 1.42 bits per heavy atom. The van der Waals surface area contributed by atoms with Gasteiger partial charge in [-0.1, -0.05) is 23.2 Å². The molecular weight excluding hydrogens is 287 g/mol. The van der Waals surface area contributed by atoms with E-state index in [0.29, 0.717) is 25.9 Å². The first-order valence-corrected chi connectivity index (χ1v) is 6.60. The molecule has 1 saturated heterocycles. The Balaban J connectivity index is 2.14. The molecule has 0 radical (unpaired) electrons. The third-order valence-electron chi connectivity index (χ3n) is 3.37. The van der Waals surface area contributed by atoms with Gasteiger partial charge in [-0.05, 0) is 25.8 Å². The molecule has 1 fully saturated rings. The molecule has 0 aromatic carbocycles. The van der Waals surface area contributed by atoms with Gasteiger partial charge in [0, 0.05) is 13.1 Å². The number of carbonyl (C=O) groups excluding carboxylic acids is 1. The van der Waals surface area contributed by atoms with E-state index in [9.17, 15) is 4.79 Å². The molecule has 1 aliphatic heterocycles. The van der Waals surface area contributed by atoms with E-state index in [1.54, 1.807) is 4.90 Å². The van der Waals surface area contributed by atoms with Gasteiger partial charge in [-0.25, -0.2) is 0 Å². The number of aromatic nitrogens is 2. The number of carbonyl (C=O) groups is 1. The monoisotopic (exact) mass is 298 g/mol. The van der Waals surface area contributed by atoms with Gasteiger partial charge < -0.3 is 4.90 Å². The zero-order valence-corrected chi connectivity index (χ0v) is 11.9. The molecule has 0 aliphatic carbocycles. The predicted octanol–water partition coefficient (Wildman–Crippen LogP) is 2.55. The van der Waals surface area contributed by atoms with Crippen LogP contribution in [0.2, 0.25) is 10.3 Å². The van der Waals surface area contributed by atoms with Gasteiger partial charge in [0.15, 0.2) is 10.3 Å². The van der Waals surface area contributed by atoms with E-state index >= 15 is 0 Å². The van der Waals surface area contributed by atoms with Crippen molar-refractivity contribution in [1.82, 2.24) is 15.1 Å². The number of rotatable bonds is 1. The Hall–Kier alpha value is -1.38. The van der Waals surface area contributed by atoms with Crippen molar-refractivity contribution in [1.29, 1.82) is 5.26 Å². The standard InChI is InChI=1S/C12H12Cl2N4O/c1-12(7-15)2-4-18(5-3-12)11(19)8-6-9(13)16-17-10(8)14/h6H,2-5H2,1H3. The third kappa shape index (κ3) is 2.96. The van der Waals surface area contributed by atoms with E-state index in [1.807, 2.05) is 6.92 Å². The van der Waals surface area contributed by atoms with E-state index in [0.717, 1.165) is 0 Å². The summed E-state index contributed by atoms with van der Waals surface area (Å²) in [7, 11) is 0. The molecule has 2 rings (SSSR count). The summed E-state index contributed by atoms with van der Waals surface area (Å²) in [5.74, 6) is -0.221. The van der Waals surface area contributed by atoms with Crippen molar-refractivity contribution in [2.75, 3.05) is 13.1 Å². The molecule has 1 aliphatic rings. The van der Waals surface area contributed by atoms with Crippen molar-refractivity contribution in [3.05, 3.63) is 21.9 Å². The average molecular weight is 299 g/mol. The van der Waals surface area contributed by atoms with Gasteiger partial charge in [0.25, 0.3) is 5.91 Å². The Kier molecular flexibility index (Phi) is 3.93. The van der Waals surface area contributed by atoms with Gasteiger partial charge in [0.2, 0.25) is 0 Å². The summed E-state index contributed by atoms with van der Waals surface area (Å²) in [4.78, 5) is 14.0. The number of hydrogen-bond acceptors (Lipinski definition) is 4. The molecule has 7 heteroatoms. The van der Waals surface area contributed by atoms with Crippen molar-refractivity contribution >= 4 is 29.1 Å². The fourth-order valence-corrected chi connectivity index (χ4v) is 2.31. The van der Waals surface area contributed by atoms with Crippen LogP contribution in [0.15, 0.2) is 6.07 Å². The minimum Gasteiger partial charge on any atom is -0.338 e. The van der Waals surface area contributed by atoms with Gasteiger partial charge in [-0.15, -0.1) is 10.2 Å². The quantitative estimate of drug-likeness (QED) is 0.799. The zero-order chi connectivity index (χ0) is 14.0. The first-order valence-electron chi connectivity index (χ1n) is 5.84. The molecule has 1 aromatic heterocycles. The minimum atomic E-state index is -0.352. The summed E-state index contributed by atoms with van der Waals surface area (Å²) >= 11 is 11.6. The SMILES string of the molecule is CC1(C#N)CCN(C(=O)c2cc(Cl)nnc2Cl)CC1. The number of amides is 1. The highest BCUT2D eigenvalue weighted by atomic mass is 35.5. The number of piperidine rings is 1. The molecule has 19 heavy (non-hydrogen) atoms. The van der Waals surface area contributed by atoms with E-state index in [-0.39, 0.29) is 27.2 Å². The molecule has 1 aromatic rings. The van der Waals surface area contributed by atoms with Crippen LogP contribution in [-0.2, 0) is 0 Å². The highest BCUT2D eigenvalue weighted by Crippen LogP contribution is 2.31. The second-order valence-electron chi connectivity index (χ2n) is 4.84. The number of nitriles is 1. The number of nitrogens with zero attached hydrogens (tertiary/aromatic N) is 4. The molecule has 0 atom stereocenters. The molecule has 0 N–H and O–H groups in total. The lowest BCUT2D eigenvalue weighted by Gasteiger charge is -2.34. The molecule has 0 spiro atoms. The maximum absolute atomic E-state index is 12.3. The molecule has 5 nitrogen and oxygen atoms in total. The van der Waals surface area contributed by atoms with Crippen LogP contribution in [0.1, 0.15) is 30.1 Å². The first-order chi connectivity index (χ1) is 8.95. The molecule has 0 unspecified atom stereocenters. The fraction of sp³-hybridized carbons (Fsp3) is 0.500. The fourth-order valence-electron chi connectivity index (χ4n) is 1.99. The molecule has 0 saturated carbocycles. The summed E-state index contributed by atoms with van der Waals surface area (Å²) < 4.78 is 0. The molecule has 0 bridgehead atoms. The number of likely N-dealkylation sites (tertiary alicyclic amines) is 1. The van der Waals surface area contributed by atoms with Crippen molar-refractivity contribution < 1.29 is 4.79 Å². The van der Waals surface area contributed by atoms with Crippen LogP contribution in [0.3, 0.4) is 0 Å². The molecular formula is C12H12Cl2N4O. The van der Waals surface area contributed by atoms with Gasteiger partial charge in [0.1, 0.15) is 0 Å². The highest BCUT2D eigenvalue weighted by molar-refractivity contribution is 6.34. The van der Waals surface area contributed by atoms with E-state index in [2.05, 4.69) is 16.3 Å².